The lowest BCUT2D eigenvalue weighted by molar-refractivity contribution is -0.156. The van der Waals surface area contributed by atoms with Crippen molar-refractivity contribution in [2.45, 2.75) is 59.2 Å². The van der Waals surface area contributed by atoms with Gasteiger partial charge in [-0.15, -0.1) is 5.10 Å². The summed E-state index contributed by atoms with van der Waals surface area (Å²) in [6.45, 7) is 5.55. The van der Waals surface area contributed by atoms with E-state index >= 15 is 0 Å². The van der Waals surface area contributed by atoms with Crippen LogP contribution in [0.2, 0.25) is 0 Å². The second-order valence-electron chi connectivity index (χ2n) is 8.92. The molecule has 1 aliphatic carbocycles. The van der Waals surface area contributed by atoms with Gasteiger partial charge in [0.2, 0.25) is 0 Å². The van der Waals surface area contributed by atoms with E-state index in [0.29, 0.717) is 18.0 Å². The second kappa shape index (κ2) is 7.90. The van der Waals surface area contributed by atoms with Gasteiger partial charge < -0.3 is 4.74 Å². The van der Waals surface area contributed by atoms with Crippen LogP contribution in [0.25, 0.3) is 22.2 Å². The van der Waals surface area contributed by atoms with Gasteiger partial charge in [-0.2, -0.15) is 15.5 Å². The maximum atomic E-state index is 12.1. The summed E-state index contributed by atoms with van der Waals surface area (Å²) in [6.07, 6.45) is 11.4. The van der Waals surface area contributed by atoms with E-state index in [-0.39, 0.29) is 18.7 Å². The van der Waals surface area contributed by atoms with Gasteiger partial charge >= 0.3 is 5.97 Å². The van der Waals surface area contributed by atoms with Gasteiger partial charge in [0.25, 0.3) is 0 Å². The largest absolute Gasteiger partial charge is 0.443 e. The molecule has 0 saturated heterocycles. The summed E-state index contributed by atoms with van der Waals surface area (Å²) in [5, 5.41) is 23.1. The molecule has 0 amide bonds. The van der Waals surface area contributed by atoms with Gasteiger partial charge in [0.1, 0.15) is 0 Å². The van der Waals surface area contributed by atoms with Crippen molar-refractivity contribution in [3.8, 4) is 17.2 Å². The first-order chi connectivity index (χ1) is 14.4. The van der Waals surface area contributed by atoms with Crippen LogP contribution in [0.3, 0.4) is 0 Å². The quantitative estimate of drug-likeness (QED) is 0.572. The van der Waals surface area contributed by atoms with E-state index in [1.165, 1.54) is 6.42 Å². The number of esters is 1. The number of aromatic nitrogens is 5. The van der Waals surface area contributed by atoms with Crippen LogP contribution in [0.1, 0.15) is 52.5 Å². The summed E-state index contributed by atoms with van der Waals surface area (Å²) >= 11 is 0. The smallest absolute Gasteiger partial charge is 0.312 e. The third-order valence-electron chi connectivity index (χ3n) is 5.76. The Morgan fingerprint density at radius 2 is 2.17 bits per heavy atom. The molecule has 156 valence electrons. The first-order valence-electron chi connectivity index (χ1n) is 10.3. The van der Waals surface area contributed by atoms with E-state index in [1.54, 1.807) is 10.8 Å². The molecule has 0 aliphatic heterocycles. The van der Waals surface area contributed by atoms with Crippen LogP contribution < -0.4 is 0 Å². The molecule has 4 rings (SSSR count). The Balaban J connectivity index is 1.60. The summed E-state index contributed by atoms with van der Waals surface area (Å²) in [7, 11) is 0. The lowest BCUT2D eigenvalue weighted by Gasteiger charge is -2.32. The highest BCUT2D eigenvalue weighted by atomic mass is 16.5. The van der Waals surface area contributed by atoms with Gasteiger partial charge in [0, 0.05) is 28.9 Å². The average Bonchev–Trinajstić information content (AvgIpc) is 3.30. The van der Waals surface area contributed by atoms with Gasteiger partial charge in [-0.1, -0.05) is 6.42 Å². The van der Waals surface area contributed by atoms with E-state index in [1.807, 2.05) is 50.1 Å². The van der Waals surface area contributed by atoms with Gasteiger partial charge in [0.05, 0.1) is 36.3 Å². The molecule has 1 unspecified atom stereocenters. The van der Waals surface area contributed by atoms with Crippen LogP contribution in [0.15, 0.2) is 30.9 Å². The first kappa shape index (κ1) is 20.1. The van der Waals surface area contributed by atoms with E-state index in [0.717, 1.165) is 29.4 Å². The zero-order chi connectivity index (χ0) is 21.3. The van der Waals surface area contributed by atoms with Crippen molar-refractivity contribution in [1.29, 1.82) is 5.26 Å². The van der Waals surface area contributed by atoms with Crippen LogP contribution in [-0.2, 0) is 16.3 Å². The third-order valence-corrected chi connectivity index (χ3v) is 5.76. The Morgan fingerprint density at radius 1 is 1.37 bits per heavy atom. The maximum Gasteiger partial charge on any atom is 0.312 e. The predicted octanol–water partition coefficient (Wildman–Crippen LogP) is 4.10. The first-order valence-corrected chi connectivity index (χ1v) is 10.3. The van der Waals surface area contributed by atoms with Crippen molar-refractivity contribution in [3.63, 3.8) is 0 Å². The standard InChI is InChI=1S/C22H26N6O2/c1-22(2,3)21(29)30-14-27-10-8-17-18(12-24-26-20(17)27)16-11-25-28(13-16)19(7-9-23)15-5-4-6-15/h8,10-13,15,19H,4-7,14H2,1-3H3. The molecule has 8 nitrogen and oxygen atoms in total. The molecule has 0 bridgehead atoms. The Labute approximate surface area is 175 Å². The fourth-order valence-electron chi connectivity index (χ4n) is 3.73. The molecule has 0 radical (unpaired) electrons. The number of hydrogen-bond donors (Lipinski definition) is 0. The van der Waals surface area contributed by atoms with E-state index in [9.17, 15) is 10.1 Å². The van der Waals surface area contributed by atoms with Crippen molar-refractivity contribution in [2.75, 3.05) is 0 Å². The lowest BCUT2D eigenvalue weighted by Crippen LogP contribution is -2.25. The Bertz CT molecular complexity index is 1100. The highest BCUT2D eigenvalue weighted by Gasteiger charge is 2.29. The minimum absolute atomic E-state index is 0.0862. The van der Waals surface area contributed by atoms with E-state index < -0.39 is 5.41 Å². The van der Waals surface area contributed by atoms with Crippen LogP contribution in [0.5, 0.6) is 0 Å². The normalized spacial score (nSPS) is 15.5. The molecule has 1 aliphatic rings. The zero-order valence-electron chi connectivity index (χ0n) is 17.6. The topological polar surface area (TPSA) is 98.6 Å². The number of nitrogens with zero attached hydrogens (tertiary/aromatic N) is 6. The molecule has 1 atom stereocenters. The zero-order valence-corrected chi connectivity index (χ0v) is 17.6. The summed E-state index contributed by atoms with van der Waals surface area (Å²) in [6, 6.07) is 4.36. The van der Waals surface area contributed by atoms with Crippen molar-refractivity contribution >= 4 is 17.0 Å². The Kier molecular flexibility index (Phi) is 5.29. The van der Waals surface area contributed by atoms with E-state index in [2.05, 4.69) is 21.4 Å². The van der Waals surface area contributed by atoms with Crippen LogP contribution in [0, 0.1) is 22.7 Å². The summed E-state index contributed by atoms with van der Waals surface area (Å²) in [4.78, 5) is 12.1. The van der Waals surface area contributed by atoms with Crippen LogP contribution in [-0.4, -0.2) is 30.5 Å². The minimum atomic E-state index is -0.561. The molecular weight excluding hydrogens is 380 g/mol. The maximum absolute atomic E-state index is 12.1. The van der Waals surface area contributed by atoms with Gasteiger partial charge in [-0.05, 0) is 45.6 Å². The molecule has 0 aromatic carbocycles. The molecule has 3 heterocycles. The van der Waals surface area contributed by atoms with Crippen LogP contribution in [0.4, 0.5) is 0 Å². The predicted molar refractivity (Wildman–Crippen MR) is 111 cm³/mol. The summed E-state index contributed by atoms with van der Waals surface area (Å²) in [5.41, 5.74) is 1.93. The number of carbonyl (C=O) groups excluding carboxylic acids is 1. The van der Waals surface area contributed by atoms with Gasteiger partial charge in [-0.25, -0.2) is 0 Å². The van der Waals surface area contributed by atoms with Crippen molar-refractivity contribution in [1.82, 2.24) is 24.5 Å². The van der Waals surface area contributed by atoms with Crippen molar-refractivity contribution < 1.29 is 9.53 Å². The highest BCUT2D eigenvalue weighted by Crippen LogP contribution is 2.38. The molecule has 3 aromatic heterocycles. The number of carbonyl (C=O) groups is 1. The second-order valence-corrected chi connectivity index (χ2v) is 8.92. The number of ether oxygens (including phenoxy) is 1. The fourth-order valence-corrected chi connectivity index (χ4v) is 3.73. The summed E-state index contributed by atoms with van der Waals surface area (Å²) in [5.74, 6) is 0.251. The Hall–Kier alpha value is -3.21. The number of hydrogen-bond acceptors (Lipinski definition) is 6. The Morgan fingerprint density at radius 3 is 2.83 bits per heavy atom. The molecule has 8 heteroatoms. The number of rotatable bonds is 6. The summed E-state index contributed by atoms with van der Waals surface area (Å²) < 4.78 is 9.12. The van der Waals surface area contributed by atoms with Gasteiger partial charge in [-0.3, -0.25) is 14.0 Å². The van der Waals surface area contributed by atoms with E-state index in [4.69, 9.17) is 4.74 Å². The number of fused-ring (bicyclic) bond motifs is 1. The third kappa shape index (κ3) is 3.80. The van der Waals surface area contributed by atoms with Crippen molar-refractivity contribution in [2.24, 2.45) is 11.3 Å². The molecule has 3 aromatic rings. The molecule has 30 heavy (non-hydrogen) atoms. The van der Waals surface area contributed by atoms with Gasteiger partial charge in [0.15, 0.2) is 12.4 Å². The molecule has 1 fully saturated rings. The lowest BCUT2D eigenvalue weighted by atomic mass is 9.79. The molecular formula is C22H26N6O2. The molecule has 1 saturated carbocycles. The number of nitriles is 1. The molecule has 0 spiro atoms. The highest BCUT2D eigenvalue weighted by molar-refractivity contribution is 5.92. The SMILES string of the molecule is CC(C)(C)C(=O)OCn1ccc2c(-c3cnn(C(CC#N)C4CCC4)c3)cnnc21. The fraction of sp³-hybridized carbons (Fsp3) is 0.500. The average molecular weight is 406 g/mol. The van der Waals surface area contributed by atoms with Crippen molar-refractivity contribution in [3.05, 3.63) is 30.9 Å². The monoisotopic (exact) mass is 406 g/mol. The molecule has 0 N–H and O–H groups in total. The van der Waals surface area contributed by atoms with Crippen LogP contribution >= 0.6 is 0 Å². The minimum Gasteiger partial charge on any atom is -0.443 e.